The Hall–Kier alpha value is -2.83. The first-order chi connectivity index (χ1) is 16.8. The number of hydrogen-bond donors (Lipinski definition) is 3. The number of aliphatic hydroxyl groups excluding tert-OH is 1. The summed E-state index contributed by atoms with van der Waals surface area (Å²) in [6.45, 7) is 4.09. The molecule has 1 amide bonds. The Morgan fingerprint density at radius 3 is 2.40 bits per heavy atom. The summed E-state index contributed by atoms with van der Waals surface area (Å²) in [5, 5.41) is 24.6. The molecule has 0 spiro atoms. The summed E-state index contributed by atoms with van der Waals surface area (Å²) in [5.41, 5.74) is 5.08. The molecule has 3 N–H and O–H groups in total. The molecule has 2 aromatic rings. The van der Waals surface area contributed by atoms with Crippen LogP contribution in [0.15, 0.2) is 40.4 Å². The molecule has 11 heteroatoms. The maximum Gasteiger partial charge on any atom is 0.278 e. The first-order valence-corrected chi connectivity index (χ1v) is 13.1. The summed E-state index contributed by atoms with van der Waals surface area (Å²) in [6, 6.07) is 8.72. The van der Waals surface area contributed by atoms with Gasteiger partial charge in [-0.3, -0.25) is 9.69 Å². The highest BCUT2D eigenvalue weighted by molar-refractivity contribution is 7.89. The molecular weight excluding hydrogens is 470 g/mol. The van der Waals surface area contributed by atoms with Crippen molar-refractivity contribution in [2.75, 3.05) is 58.2 Å². The topological polar surface area (TPSA) is 126 Å². The van der Waals surface area contributed by atoms with Gasteiger partial charge in [-0.05, 0) is 53.9 Å². The van der Waals surface area contributed by atoms with Crippen LogP contribution < -0.4 is 5.32 Å². The third-order valence-electron chi connectivity index (χ3n) is 7.08. The van der Waals surface area contributed by atoms with E-state index < -0.39 is 15.9 Å². The van der Waals surface area contributed by atoms with Crippen LogP contribution in [0.3, 0.4) is 0 Å². The standard InChI is InChI=1S/C24H29N5O5S/c1-27-7-6-18-19(14-20-22(21(18)15-27)25-24(31)23(20)26-32)16-2-4-17(5-3-16)35(33,34)29-10-8-28(9-11-29)12-13-30/h2-5,14,30,32H,6-13,15H2,1H3,(H,25,26,31). The molecule has 0 bridgehead atoms. The second-order valence-electron chi connectivity index (χ2n) is 9.19. The highest BCUT2D eigenvalue weighted by Crippen LogP contribution is 2.40. The number of aliphatic hydroxyl groups is 1. The molecule has 2 aromatic carbocycles. The molecule has 0 radical (unpaired) electrons. The van der Waals surface area contributed by atoms with Gasteiger partial charge in [0.2, 0.25) is 10.0 Å². The van der Waals surface area contributed by atoms with E-state index in [0.29, 0.717) is 50.5 Å². The summed E-state index contributed by atoms with van der Waals surface area (Å²) in [7, 11) is -1.61. The Kier molecular flexibility index (Phi) is 6.36. The van der Waals surface area contributed by atoms with E-state index in [-0.39, 0.29) is 17.2 Å². The lowest BCUT2D eigenvalue weighted by Gasteiger charge is -2.33. The SMILES string of the molecule is CN1CCc2c(-c3ccc(S(=O)(=O)N4CCN(CCO)CC4)cc3)cc3c(c2C1)NC(=O)/C3=N\O. The normalized spacial score (nSPS) is 20.6. The van der Waals surface area contributed by atoms with Gasteiger partial charge in [-0.2, -0.15) is 4.31 Å². The van der Waals surface area contributed by atoms with Crippen molar-refractivity contribution in [2.45, 2.75) is 17.9 Å². The fraction of sp³-hybridized carbons (Fsp3) is 0.417. The van der Waals surface area contributed by atoms with Crippen molar-refractivity contribution in [2.24, 2.45) is 5.16 Å². The maximum absolute atomic E-state index is 13.2. The molecule has 10 nitrogen and oxygen atoms in total. The van der Waals surface area contributed by atoms with Crippen LogP contribution in [0.5, 0.6) is 0 Å². The van der Waals surface area contributed by atoms with Crippen molar-refractivity contribution < 1.29 is 23.5 Å². The van der Waals surface area contributed by atoms with E-state index in [1.165, 1.54) is 4.31 Å². The van der Waals surface area contributed by atoms with Crippen molar-refractivity contribution in [3.8, 4) is 11.1 Å². The highest BCUT2D eigenvalue weighted by Gasteiger charge is 2.34. The molecule has 0 atom stereocenters. The van der Waals surface area contributed by atoms with Crippen LogP contribution in [0.4, 0.5) is 5.69 Å². The number of benzene rings is 2. The summed E-state index contributed by atoms with van der Waals surface area (Å²) < 4.78 is 27.9. The minimum atomic E-state index is -3.62. The van der Waals surface area contributed by atoms with Crippen molar-refractivity contribution in [1.29, 1.82) is 0 Å². The molecule has 186 valence electrons. The fourth-order valence-electron chi connectivity index (χ4n) is 5.16. The van der Waals surface area contributed by atoms with E-state index >= 15 is 0 Å². The van der Waals surface area contributed by atoms with Gasteiger partial charge < -0.3 is 20.5 Å². The van der Waals surface area contributed by atoms with Crippen LogP contribution in [0.25, 0.3) is 11.1 Å². The van der Waals surface area contributed by atoms with Gasteiger partial charge in [0.05, 0.1) is 17.2 Å². The molecule has 3 aliphatic heterocycles. The second kappa shape index (κ2) is 9.32. The van der Waals surface area contributed by atoms with Crippen LogP contribution in [0.2, 0.25) is 0 Å². The number of piperazine rings is 1. The molecule has 3 aliphatic rings. The monoisotopic (exact) mass is 499 g/mol. The number of nitrogens with one attached hydrogen (secondary N) is 1. The zero-order valence-electron chi connectivity index (χ0n) is 19.6. The summed E-state index contributed by atoms with van der Waals surface area (Å²) in [6.07, 6.45) is 0.786. The van der Waals surface area contributed by atoms with Gasteiger partial charge in [-0.15, -0.1) is 0 Å². The Labute approximate surface area is 204 Å². The number of nitrogens with zero attached hydrogens (tertiary/aromatic N) is 4. The number of rotatable bonds is 5. The number of oxime groups is 1. The van der Waals surface area contributed by atoms with E-state index in [4.69, 9.17) is 5.11 Å². The minimum absolute atomic E-state index is 0.0168. The largest absolute Gasteiger partial charge is 0.410 e. The van der Waals surface area contributed by atoms with Crippen molar-refractivity contribution >= 4 is 27.3 Å². The molecular formula is C24H29N5O5S. The number of anilines is 1. The lowest BCUT2D eigenvalue weighted by atomic mass is 9.87. The van der Waals surface area contributed by atoms with Gasteiger partial charge in [0.25, 0.3) is 5.91 Å². The molecule has 3 heterocycles. The molecule has 1 fully saturated rings. The highest BCUT2D eigenvalue weighted by atomic mass is 32.2. The predicted octanol–water partition coefficient (Wildman–Crippen LogP) is 0.771. The number of amides is 1. The van der Waals surface area contributed by atoms with Gasteiger partial charge in [0.15, 0.2) is 5.71 Å². The number of carbonyl (C=O) groups excluding carboxylic acids is 1. The second-order valence-corrected chi connectivity index (χ2v) is 11.1. The van der Waals surface area contributed by atoms with Crippen molar-refractivity contribution in [1.82, 2.24) is 14.1 Å². The molecule has 35 heavy (non-hydrogen) atoms. The average molecular weight is 500 g/mol. The van der Waals surface area contributed by atoms with Crippen LogP contribution in [0.1, 0.15) is 16.7 Å². The summed E-state index contributed by atoms with van der Waals surface area (Å²) in [5.74, 6) is -0.435. The van der Waals surface area contributed by atoms with Crippen molar-refractivity contribution in [3.63, 3.8) is 0 Å². The fourth-order valence-corrected chi connectivity index (χ4v) is 6.59. The zero-order valence-corrected chi connectivity index (χ0v) is 20.4. The maximum atomic E-state index is 13.2. The zero-order chi connectivity index (χ0) is 24.7. The van der Waals surface area contributed by atoms with Gasteiger partial charge in [0, 0.05) is 51.4 Å². The van der Waals surface area contributed by atoms with Crippen LogP contribution >= 0.6 is 0 Å². The Bertz CT molecular complexity index is 1280. The number of β-amino-alcohol motifs (C(OH)–C–C–N with tert-alkyl or cyclic N) is 1. The predicted molar refractivity (Wildman–Crippen MR) is 131 cm³/mol. The van der Waals surface area contributed by atoms with Crippen molar-refractivity contribution in [3.05, 3.63) is 47.0 Å². The van der Waals surface area contributed by atoms with Crippen LogP contribution in [0, 0.1) is 0 Å². The number of sulfonamides is 1. The number of hydrogen-bond acceptors (Lipinski definition) is 8. The third-order valence-corrected chi connectivity index (χ3v) is 8.99. The Morgan fingerprint density at radius 1 is 1.03 bits per heavy atom. The smallest absolute Gasteiger partial charge is 0.278 e. The van der Waals surface area contributed by atoms with E-state index in [1.54, 1.807) is 24.3 Å². The van der Waals surface area contributed by atoms with E-state index in [2.05, 4.69) is 15.4 Å². The number of fused-ring (bicyclic) bond motifs is 3. The first-order valence-electron chi connectivity index (χ1n) is 11.7. The Balaban J connectivity index is 1.48. The van der Waals surface area contributed by atoms with E-state index in [0.717, 1.165) is 35.2 Å². The molecule has 0 aliphatic carbocycles. The van der Waals surface area contributed by atoms with E-state index in [9.17, 15) is 18.4 Å². The van der Waals surface area contributed by atoms with Gasteiger partial charge in [0.1, 0.15) is 0 Å². The molecule has 0 unspecified atom stereocenters. The van der Waals surface area contributed by atoms with Crippen LogP contribution in [-0.4, -0.2) is 97.4 Å². The lowest BCUT2D eigenvalue weighted by molar-refractivity contribution is -0.110. The van der Waals surface area contributed by atoms with Gasteiger partial charge >= 0.3 is 0 Å². The first kappa shape index (κ1) is 23.9. The molecule has 5 rings (SSSR count). The van der Waals surface area contributed by atoms with E-state index in [1.807, 2.05) is 18.0 Å². The Morgan fingerprint density at radius 2 is 1.74 bits per heavy atom. The minimum Gasteiger partial charge on any atom is -0.410 e. The summed E-state index contributed by atoms with van der Waals surface area (Å²) >= 11 is 0. The summed E-state index contributed by atoms with van der Waals surface area (Å²) in [4.78, 5) is 16.8. The molecule has 0 aromatic heterocycles. The third kappa shape index (κ3) is 4.23. The molecule has 0 saturated carbocycles. The van der Waals surface area contributed by atoms with Gasteiger partial charge in [-0.1, -0.05) is 17.3 Å². The quantitative estimate of drug-likeness (QED) is 0.410. The lowest BCUT2D eigenvalue weighted by Crippen LogP contribution is -2.49. The average Bonchev–Trinajstić information content (AvgIpc) is 3.19. The number of likely N-dealkylation sites (N-methyl/N-ethyl adjacent to an activating group) is 1. The molecule has 1 saturated heterocycles. The van der Waals surface area contributed by atoms with Crippen LogP contribution in [-0.2, 0) is 27.8 Å². The van der Waals surface area contributed by atoms with Gasteiger partial charge in [-0.25, -0.2) is 8.42 Å². The number of carbonyl (C=O) groups is 1.